The van der Waals surface area contributed by atoms with Gasteiger partial charge in [0, 0.05) is 25.7 Å². The highest BCUT2D eigenvalue weighted by Gasteiger charge is 2.30. The summed E-state index contributed by atoms with van der Waals surface area (Å²) in [4.78, 5) is 72.6. The summed E-state index contributed by atoms with van der Waals surface area (Å²) < 4.78 is 68.3. The van der Waals surface area contributed by atoms with Crippen LogP contribution in [0.1, 0.15) is 351 Å². The molecule has 3 unspecified atom stereocenters. The SMILES string of the molecule is CCC(C)CCCCCCCCC(=O)OC[C@H](COP(=O)(O)OC[C@@H](O)COP(=O)(O)OC[C@@H](COC(=O)CCCCCCCCCCC(C)C)OC(=O)CCCCCCCCCCCCC(C)C)OC(=O)CCCCCCCCCCCCCCCC(C)C. The van der Waals surface area contributed by atoms with Crippen molar-refractivity contribution in [3.05, 3.63) is 0 Å². The van der Waals surface area contributed by atoms with E-state index in [4.69, 9.17) is 37.0 Å². The Morgan fingerprint density at radius 1 is 0.311 bits per heavy atom. The molecular formula is C71H138O17P2. The van der Waals surface area contributed by atoms with Gasteiger partial charge in [-0.25, -0.2) is 9.13 Å². The van der Waals surface area contributed by atoms with Gasteiger partial charge in [-0.2, -0.15) is 0 Å². The molecule has 0 saturated carbocycles. The van der Waals surface area contributed by atoms with Crippen LogP contribution in [0.3, 0.4) is 0 Å². The minimum absolute atomic E-state index is 0.105. The topological polar surface area (TPSA) is 237 Å². The zero-order chi connectivity index (χ0) is 66.8. The van der Waals surface area contributed by atoms with Gasteiger partial charge in [0.15, 0.2) is 12.2 Å². The molecule has 90 heavy (non-hydrogen) atoms. The van der Waals surface area contributed by atoms with Gasteiger partial charge in [-0.3, -0.25) is 37.3 Å². The van der Waals surface area contributed by atoms with Crippen molar-refractivity contribution in [2.75, 3.05) is 39.6 Å². The van der Waals surface area contributed by atoms with Crippen molar-refractivity contribution in [3.63, 3.8) is 0 Å². The third-order valence-electron chi connectivity index (χ3n) is 16.7. The first-order valence-corrected chi connectivity index (χ1v) is 39.7. The average Bonchev–Trinajstić information content (AvgIpc) is 3.59. The molecule has 0 bridgehead atoms. The third-order valence-corrected chi connectivity index (χ3v) is 18.6. The van der Waals surface area contributed by atoms with Crippen molar-refractivity contribution in [2.24, 2.45) is 23.7 Å². The highest BCUT2D eigenvalue weighted by atomic mass is 31.2. The van der Waals surface area contributed by atoms with E-state index in [-0.39, 0.29) is 25.7 Å². The Morgan fingerprint density at radius 2 is 0.533 bits per heavy atom. The summed E-state index contributed by atoms with van der Waals surface area (Å²) in [6.45, 7) is 14.1. The number of aliphatic hydroxyl groups excluding tert-OH is 1. The molecule has 0 rings (SSSR count). The van der Waals surface area contributed by atoms with Crippen LogP contribution in [0, 0.1) is 23.7 Å². The Balaban J connectivity index is 5.25. The summed E-state index contributed by atoms with van der Waals surface area (Å²) in [5.74, 6) is 0.867. The van der Waals surface area contributed by atoms with Gasteiger partial charge < -0.3 is 33.8 Å². The molecule has 534 valence electrons. The van der Waals surface area contributed by atoms with Crippen molar-refractivity contribution < 1.29 is 80.2 Å². The molecular weight excluding hydrogens is 1190 g/mol. The number of esters is 4. The number of aliphatic hydroxyl groups is 1. The van der Waals surface area contributed by atoms with Gasteiger partial charge in [0.1, 0.15) is 19.3 Å². The molecule has 0 aromatic carbocycles. The Bertz CT molecular complexity index is 1780. The molecule has 0 aliphatic heterocycles. The van der Waals surface area contributed by atoms with Crippen LogP contribution >= 0.6 is 15.6 Å². The second-order valence-corrected chi connectivity index (χ2v) is 30.2. The second kappa shape index (κ2) is 60.7. The standard InChI is InChI=1S/C71H138O17P2/c1-9-64(8)50-42-34-29-30-36-44-52-69(74)82-58-67(88-70(75)53-45-37-27-19-14-12-10-11-13-17-23-31-39-47-61(2)3)60-86-90(79,80)84-56-65(72)55-83-89(77,78)85-59-66(57-81-68(73)51-43-35-26-22-21-25-33-41-49-63(6)7)87-71(76)54-46-38-28-20-16-15-18-24-32-40-48-62(4)5/h61-67,72H,9-60H2,1-8H3,(H,77,78)(H,79,80)/t64?,65-,66+,67+/m0/s1. The highest BCUT2D eigenvalue weighted by Crippen LogP contribution is 2.45. The van der Waals surface area contributed by atoms with Crippen LogP contribution in [0.2, 0.25) is 0 Å². The van der Waals surface area contributed by atoms with E-state index >= 15 is 0 Å². The number of phosphoric acid groups is 2. The zero-order valence-corrected chi connectivity index (χ0v) is 60.6. The quantitative estimate of drug-likeness (QED) is 0.0222. The first kappa shape index (κ1) is 88.1. The van der Waals surface area contributed by atoms with E-state index in [0.717, 1.165) is 120 Å². The highest BCUT2D eigenvalue weighted by molar-refractivity contribution is 7.47. The largest absolute Gasteiger partial charge is 0.472 e. The molecule has 6 atom stereocenters. The van der Waals surface area contributed by atoms with Gasteiger partial charge in [0.05, 0.1) is 26.4 Å². The van der Waals surface area contributed by atoms with Gasteiger partial charge >= 0.3 is 39.5 Å². The molecule has 0 aromatic rings. The predicted molar refractivity (Wildman–Crippen MR) is 363 cm³/mol. The van der Waals surface area contributed by atoms with E-state index in [1.807, 2.05) is 0 Å². The van der Waals surface area contributed by atoms with Crippen LogP contribution < -0.4 is 0 Å². The second-order valence-electron chi connectivity index (χ2n) is 27.3. The smallest absolute Gasteiger partial charge is 0.462 e. The van der Waals surface area contributed by atoms with Crippen LogP contribution in [-0.2, 0) is 65.4 Å². The molecule has 17 nitrogen and oxygen atoms in total. The molecule has 0 fully saturated rings. The minimum atomic E-state index is -4.95. The number of hydrogen-bond donors (Lipinski definition) is 3. The van der Waals surface area contributed by atoms with Gasteiger partial charge in [-0.05, 0) is 49.4 Å². The van der Waals surface area contributed by atoms with Gasteiger partial charge in [-0.15, -0.1) is 0 Å². The summed E-state index contributed by atoms with van der Waals surface area (Å²) in [5.41, 5.74) is 0. The van der Waals surface area contributed by atoms with Gasteiger partial charge in [-0.1, -0.05) is 299 Å². The molecule has 19 heteroatoms. The fourth-order valence-corrected chi connectivity index (χ4v) is 12.2. The minimum Gasteiger partial charge on any atom is -0.462 e. The Morgan fingerprint density at radius 3 is 0.789 bits per heavy atom. The molecule has 0 heterocycles. The Kier molecular flexibility index (Phi) is 59.4. The summed E-state index contributed by atoms with van der Waals surface area (Å²) in [6, 6.07) is 0. The van der Waals surface area contributed by atoms with Crippen LogP contribution in [0.4, 0.5) is 0 Å². The maximum absolute atomic E-state index is 13.0. The predicted octanol–water partition coefficient (Wildman–Crippen LogP) is 20.1. The van der Waals surface area contributed by atoms with Gasteiger partial charge in [0.2, 0.25) is 0 Å². The number of hydrogen-bond acceptors (Lipinski definition) is 15. The molecule has 0 spiro atoms. The number of unbranched alkanes of at least 4 members (excludes halogenated alkanes) is 33. The number of ether oxygens (including phenoxy) is 4. The number of rotatable bonds is 68. The van der Waals surface area contributed by atoms with Crippen LogP contribution in [0.25, 0.3) is 0 Å². The fraction of sp³-hybridized carbons (Fsp3) is 0.944. The molecule has 0 radical (unpaired) electrons. The van der Waals surface area contributed by atoms with Crippen molar-refractivity contribution in [1.82, 2.24) is 0 Å². The molecule has 0 amide bonds. The summed E-state index contributed by atoms with van der Waals surface area (Å²) in [7, 11) is -9.90. The van der Waals surface area contributed by atoms with E-state index in [1.54, 1.807) is 0 Å². The summed E-state index contributed by atoms with van der Waals surface area (Å²) >= 11 is 0. The average molecular weight is 1330 g/mol. The molecule has 0 aliphatic rings. The monoisotopic (exact) mass is 1320 g/mol. The van der Waals surface area contributed by atoms with Gasteiger partial charge in [0.25, 0.3) is 0 Å². The van der Waals surface area contributed by atoms with E-state index in [0.29, 0.717) is 25.7 Å². The van der Waals surface area contributed by atoms with E-state index < -0.39 is 97.5 Å². The zero-order valence-electron chi connectivity index (χ0n) is 58.8. The molecule has 0 saturated heterocycles. The third kappa shape index (κ3) is 63.5. The number of carbonyl (C=O) groups excluding carboxylic acids is 4. The normalized spacial score (nSPS) is 14.6. The molecule has 0 aromatic heterocycles. The number of carbonyl (C=O) groups is 4. The fourth-order valence-electron chi connectivity index (χ4n) is 10.6. The van der Waals surface area contributed by atoms with E-state index in [2.05, 4.69) is 55.4 Å². The lowest BCUT2D eigenvalue weighted by molar-refractivity contribution is -0.161. The lowest BCUT2D eigenvalue weighted by Crippen LogP contribution is -2.30. The Labute approximate surface area is 549 Å². The van der Waals surface area contributed by atoms with Crippen LogP contribution in [0.5, 0.6) is 0 Å². The Hall–Kier alpha value is -1.94. The number of phosphoric ester groups is 2. The van der Waals surface area contributed by atoms with E-state index in [1.165, 1.54) is 148 Å². The molecule has 0 aliphatic carbocycles. The van der Waals surface area contributed by atoms with Crippen molar-refractivity contribution in [1.29, 1.82) is 0 Å². The van der Waals surface area contributed by atoms with E-state index in [9.17, 15) is 43.2 Å². The van der Waals surface area contributed by atoms with Crippen molar-refractivity contribution >= 4 is 39.5 Å². The first-order valence-electron chi connectivity index (χ1n) is 36.7. The first-order chi connectivity index (χ1) is 43.1. The lowest BCUT2D eigenvalue weighted by Gasteiger charge is -2.21. The summed E-state index contributed by atoms with van der Waals surface area (Å²) in [6.07, 6.45) is 43.1. The summed E-state index contributed by atoms with van der Waals surface area (Å²) in [5, 5.41) is 10.6. The maximum atomic E-state index is 13.0. The van der Waals surface area contributed by atoms with Crippen LogP contribution in [0.15, 0.2) is 0 Å². The maximum Gasteiger partial charge on any atom is 0.472 e. The van der Waals surface area contributed by atoms with Crippen molar-refractivity contribution in [2.45, 2.75) is 369 Å². The van der Waals surface area contributed by atoms with Crippen molar-refractivity contribution in [3.8, 4) is 0 Å². The lowest BCUT2D eigenvalue weighted by atomic mass is 10.00. The van der Waals surface area contributed by atoms with Crippen LogP contribution in [-0.4, -0.2) is 96.7 Å². The molecule has 3 N–H and O–H groups in total.